The van der Waals surface area contributed by atoms with Crippen LogP contribution < -0.4 is 0 Å². The van der Waals surface area contributed by atoms with Gasteiger partial charge in [-0.1, -0.05) is 0 Å². The van der Waals surface area contributed by atoms with Crippen molar-refractivity contribution < 1.29 is 27.9 Å². The number of amides is 1. The van der Waals surface area contributed by atoms with E-state index in [-0.39, 0.29) is 24.9 Å². The van der Waals surface area contributed by atoms with Crippen LogP contribution in [0, 0.1) is 17.8 Å². The van der Waals surface area contributed by atoms with Gasteiger partial charge in [0.1, 0.15) is 0 Å². The van der Waals surface area contributed by atoms with E-state index in [0.717, 1.165) is 12.8 Å². The number of likely N-dealkylation sites (tertiary alicyclic amines) is 1. The highest BCUT2D eigenvalue weighted by Gasteiger charge is 2.51. The SMILES string of the molecule is O=C(O)[C@@H]1CN(C(=O)C(F)(F)F)C[C@H]1C1CC1. The maximum Gasteiger partial charge on any atom is 0.471 e. The van der Waals surface area contributed by atoms with Gasteiger partial charge >= 0.3 is 18.1 Å². The fourth-order valence-corrected chi connectivity index (χ4v) is 2.44. The molecular weight excluding hydrogens is 239 g/mol. The van der Waals surface area contributed by atoms with Crippen molar-refractivity contribution in [3.05, 3.63) is 0 Å². The first-order valence-electron chi connectivity index (χ1n) is 5.39. The van der Waals surface area contributed by atoms with E-state index in [1.54, 1.807) is 0 Å². The first kappa shape index (κ1) is 12.2. The highest BCUT2D eigenvalue weighted by Crippen LogP contribution is 2.44. The monoisotopic (exact) mass is 251 g/mol. The molecule has 1 N–H and O–H groups in total. The third kappa shape index (κ3) is 2.37. The molecule has 1 heterocycles. The minimum atomic E-state index is -4.92. The van der Waals surface area contributed by atoms with Crippen molar-refractivity contribution in [1.29, 1.82) is 0 Å². The van der Waals surface area contributed by atoms with Crippen LogP contribution in [0.25, 0.3) is 0 Å². The lowest BCUT2D eigenvalue weighted by Gasteiger charge is -2.17. The average molecular weight is 251 g/mol. The van der Waals surface area contributed by atoms with E-state index in [9.17, 15) is 22.8 Å². The predicted octanol–water partition coefficient (Wildman–Crippen LogP) is 1.12. The van der Waals surface area contributed by atoms with Crippen LogP contribution in [0.2, 0.25) is 0 Å². The number of carboxylic acids is 1. The molecule has 1 saturated heterocycles. The van der Waals surface area contributed by atoms with Gasteiger partial charge in [0.05, 0.1) is 5.92 Å². The van der Waals surface area contributed by atoms with E-state index in [2.05, 4.69) is 0 Å². The van der Waals surface area contributed by atoms with Crippen molar-refractivity contribution in [2.45, 2.75) is 19.0 Å². The van der Waals surface area contributed by atoms with Gasteiger partial charge in [-0.3, -0.25) is 9.59 Å². The Balaban J connectivity index is 2.08. The first-order chi connectivity index (χ1) is 7.80. The van der Waals surface area contributed by atoms with Crippen LogP contribution >= 0.6 is 0 Å². The van der Waals surface area contributed by atoms with Gasteiger partial charge in [0.2, 0.25) is 0 Å². The number of carbonyl (C=O) groups is 2. The fraction of sp³-hybridized carbons (Fsp3) is 0.800. The molecule has 0 spiro atoms. The summed E-state index contributed by atoms with van der Waals surface area (Å²) in [6, 6.07) is 0. The van der Waals surface area contributed by atoms with Gasteiger partial charge in [0.25, 0.3) is 0 Å². The maximum atomic E-state index is 12.2. The Labute approximate surface area is 95.4 Å². The molecule has 0 aromatic rings. The predicted molar refractivity (Wildman–Crippen MR) is 50.0 cm³/mol. The molecule has 0 unspecified atom stereocenters. The Kier molecular flexibility index (Phi) is 2.79. The van der Waals surface area contributed by atoms with Crippen LogP contribution in [0.3, 0.4) is 0 Å². The van der Waals surface area contributed by atoms with Gasteiger partial charge in [-0.2, -0.15) is 13.2 Å². The Morgan fingerprint density at radius 1 is 1.18 bits per heavy atom. The summed E-state index contributed by atoms with van der Waals surface area (Å²) >= 11 is 0. The third-order valence-corrected chi connectivity index (χ3v) is 3.44. The number of halogens is 3. The summed E-state index contributed by atoms with van der Waals surface area (Å²) < 4.78 is 36.7. The lowest BCUT2D eigenvalue weighted by molar-refractivity contribution is -0.184. The maximum absolute atomic E-state index is 12.2. The normalized spacial score (nSPS) is 29.5. The molecule has 2 aliphatic rings. The van der Waals surface area contributed by atoms with Gasteiger partial charge in [-0.25, -0.2) is 0 Å². The molecule has 0 bridgehead atoms. The molecule has 96 valence electrons. The number of carbonyl (C=O) groups excluding carboxylic acids is 1. The molecule has 1 amide bonds. The molecule has 0 radical (unpaired) electrons. The van der Waals surface area contributed by atoms with Crippen molar-refractivity contribution in [3.63, 3.8) is 0 Å². The molecule has 4 nitrogen and oxygen atoms in total. The largest absolute Gasteiger partial charge is 0.481 e. The van der Waals surface area contributed by atoms with Crippen LogP contribution in [0.1, 0.15) is 12.8 Å². The Morgan fingerprint density at radius 3 is 2.18 bits per heavy atom. The van der Waals surface area contributed by atoms with E-state index >= 15 is 0 Å². The molecule has 1 saturated carbocycles. The summed E-state index contributed by atoms with van der Waals surface area (Å²) in [5.74, 6) is -4.04. The van der Waals surface area contributed by atoms with Crippen molar-refractivity contribution >= 4 is 11.9 Å². The van der Waals surface area contributed by atoms with E-state index in [1.165, 1.54) is 0 Å². The summed E-state index contributed by atoms with van der Waals surface area (Å²) in [6.45, 7) is -0.408. The number of rotatable bonds is 2. The second kappa shape index (κ2) is 3.89. The van der Waals surface area contributed by atoms with Gasteiger partial charge < -0.3 is 10.0 Å². The first-order valence-corrected chi connectivity index (χ1v) is 5.39. The third-order valence-electron chi connectivity index (χ3n) is 3.44. The molecule has 2 fully saturated rings. The van der Waals surface area contributed by atoms with E-state index < -0.39 is 24.0 Å². The quantitative estimate of drug-likeness (QED) is 0.800. The van der Waals surface area contributed by atoms with E-state index in [4.69, 9.17) is 5.11 Å². The number of aliphatic carboxylic acids is 1. The zero-order chi connectivity index (χ0) is 12.8. The standard InChI is InChI=1S/C10H12F3NO3/c11-10(12,13)9(17)14-3-6(5-1-2-5)7(4-14)8(15)16/h5-7H,1-4H2,(H,15,16)/t6-,7+/m0/s1. The summed E-state index contributed by atoms with van der Waals surface area (Å²) in [5, 5.41) is 8.94. The Morgan fingerprint density at radius 2 is 1.76 bits per heavy atom. The van der Waals surface area contributed by atoms with E-state index in [1.807, 2.05) is 0 Å². The van der Waals surface area contributed by atoms with Crippen molar-refractivity contribution in [2.24, 2.45) is 17.8 Å². The summed E-state index contributed by atoms with van der Waals surface area (Å²) in [5.41, 5.74) is 0. The smallest absolute Gasteiger partial charge is 0.471 e. The van der Waals surface area contributed by atoms with Crippen LogP contribution in [-0.2, 0) is 9.59 Å². The molecule has 1 aliphatic carbocycles. The summed E-state index contributed by atoms with van der Waals surface area (Å²) in [4.78, 5) is 22.6. The molecule has 17 heavy (non-hydrogen) atoms. The van der Waals surface area contributed by atoms with Gasteiger partial charge in [0.15, 0.2) is 0 Å². The van der Waals surface area contributed by atoms with Crippen LogP contribution in [0.5, 0.6) is 0 Å². The Bertz CT molecular complexity index is 351. The van der Waals surface area contributed by atoms with Crippen LogP contribution in [0.15, 0.2) is 0 Å². The summed E-state index contributed by atoms with van der Waals surface area (Å²) in [6.07, 6.45) is -3.22. The minimum Gasteiger partial charge on any atom is -0.481 e. The second-order valence-electron chi connectivity index (χ2n) is 4.65. The van der Waals surface area contributed by atoms with Crippen molar-refractivity contribution in [1.82, 2.24) is 4.90 Å². The number of hydrogen-bond acceptors (Lipinski definition) is 2. The number of nitrogens with zero attached hydrogens (tertiary/aromatic N) is 1. The Hall–Kier alpha value is -1.27. The molecule has 2 rings (SSSR count). The van der Waals surface area contributed by atoms with Gasteiger partial charge in [-0.05, 0) is 24.7 Å². The second-order valence-corrected chi connectivity index (χ2v) is 4.65. The van der Waals surface area contributed by atoms with Gasteiger partial charge in [-0.15, -0.1) is 0 Å². The van der Waals surface area contributed by atoms with E-state index in [0.29, 0.717) is 4.90 Å². The topological polar surface area (TPSA) is 57.6 Å². The number of hydrogen-bond donors (Lipinski definition) is 1. The van der Waals surface area contributed by atoms with Crippen molar-refractivity contribution in [3.8, 4) is 0 Å². The molecule has 1 aliphatic heterocycles. The van der Waals surface area contributed by atoms with Crippen molar-refractivity contribution in [2.75, 3.05) is 13.1 Å². The molecule has 7 heteroatoms. The lowest BCUT2D eigenvalue weighted by atomic mass is 9.92. The van der Waals surface area contributed by atoms with Gasteiger partial charge in [0, 0.05) is 13.1 Å². The summed E-state index contributed by atoms with van der Waals surface area (Å²) in [7, 11) is 0. The van der Waals surface area contributed by atoms with Crippen LogP contribution in [-0.4, -0.2) is 41.1 Å². The minimum absolute atomic E-state index is 0.0834. The molecular formula is C10H12F3NO3. The van der Waals surface area contributed by atoms with Crippen LogP contribution in [0.4, 0.5) is 13.2 Å². The fourth-order valence-electron chi connectivity index (χ4n) is 2.44. The lowest BCUT2D eigenvalue weighted by Crippen LogP contribution is -2.40. The molecule has 0 aromatic carbocycles. The number of alkyl halides is 3. The highest BCUT2D eigenvalue weighted by molar-refractivity contribution is 5.83. The zero-order valence-electron chi connectivity index (χ0n) is 8.91. The number of carboxylic acid groups (broad SMARTS) is 1. The molecule has 2 atom stereocenters. The molecule has 0 aromatic heterocycles. The average Bonchev–Trinajstić information content (AvgIpc) is 2.94. The highest BCUT2D eigenvalue weighted by atomic mass is 19.4. The zero-order valence-corrected chi connectivity index (χ0v) is 8.91.